The molecule has 0 radical (unpaired) electrons. The van der Waals surface area contributed by atoms with E-state index in [0.717, 1.165) is 69.5 Å². The van der Waals surface area contributed by atoms with Crippen molar-refractivity contribution in [3.05, 3.63) is 77.7 Å². The Labute approximate surface area is 231 Å². The van der Waals surface area contributed by atoms with Crippen LogP contribution in [0.5, 0.6) is 0 Å². The highest BCUT2D eigenvalue weighted by atomic mass is 16.5. The van der Waals surface area contributed by atoms with Crippen LogP contribution in [0.3, 0.4) is 0 Å². The van der Waals surface area contributed by atoms with E-state index in [9.17, 15) is 4.79 Å². The Hall–Kier alpha value is -3.71. The first kappa shape index (κ1) is 26.9. The third-order valence-electron chi connectivity index (χ3n) is 7.98. The number of aromatic nitrogens is 3. The van der Waals surface area contributed by atoms with Crippen molar-refractivity contribution >= 4 is 22.8 Å². The van der Waals surface area contributed by atoms with Crippen molar-refractivity contribution in [2.45, 2.75) is 57.9 Å². The monoisotopic (exact) mass is 525 g/mol. The Kier molecular flexibility index (Phi) is 8.57. The molecule has 5 rings (SSSR count). The number of fused-ring (bicyclic) bond motifs is 1. The maximum Gasteiger partial charge on any atom is 0.222 e. The minimum atomic E-state index is 0.273. The number of hydrogen-bond donors (Lipinski definition) is 1. The molecule has 3 heterocycles. The highest BCUT2D eigenvalue weighted by molar-refractivity contribution is 5.85. The van der Waals surface area contributed by atoms with Gasteiger partial charge in [-0.2, -0.15) is 0 Å². The molecule has 0 saturated carbocycles. The Morgan fingerprint density at radius 1 is 1.05 bits per heavy atom. The number of nitrogens with two attached hydrogens (primary N) is 1. The number of nitrogen functional groups attached to an aromatic ring is 1. The Morgan fingerprint density at radius 3 is 2.59 bits per heavy atom. The van der Waals surface area contributed by atoms with Gasteiger partial charge in [-0.1, -0.05) is 42.5 Å². The summed E-state index contributed by atoms with van der Waals surface area (Å²) in [6, 6.07) is 17.1. The van der Waals surface area contributed by atoms with Crippen molar-refractivity contribution in [1.29, 1.82) is 0 Å². The maximum atomic E-state index is 13.3. The number of piperidine rings is 1. The normalized spacial score (nSPS) is 15.6. The highest BCUT2D eigenvalue weighted by Crippen LogP contribution is 2.36. The second-order valence-electron chi connectivity index (χ2n) is 10.6. The van der Waals surface area contributed by atoms with Crippen LogP contribution in [0, 0.1) is 6.92 Å². The Balaban J connectivity index is 1.20. The number of hydrogen-bond acceptors (Lipinski definition) is 5. The van der Waals surface area contributed by atoms with Crippen molar-refractivity contribution in [3.8, 4) is 11.1 Å². The number of carbonyl (C=O) groups is 1. The van der Waals surface area contributed by atoms with Gasteiger partial charge in [-0.25, -0.2) is 9.97 Å². The zero-order valence-corrected chi connectivity index (χ0v) is 23.1. The van der Waals surface area contributed by atoms with Gasteiger partial charge in [-0.3, -0.25) is 4.79 Å². The molecular formula is C32H39N5O2. The molecule has 204 valence electrons. The van der Waals surface area contributed by atoms with Crippen molar-refractivity contribution in [1.82, 2.24) is 19.4 Å². The molecule has 1 atom stereocenters. The van der Waals surface area contributed by atoms with E-state index in [2.05, 4.69) is 74.9 Å². The summed E-state index contributed by atoms with van der Waals surface area (Å²) in [6.07, 6.45) is 8.93. The molecule has 1 aliphatic heterocycles. The lowest BCUT2D eigenvalue weighted by Gasteiger charge is -2.34. The van der Waals surface area contributed by atoms with Crippen molar-refractivity contribution < 1.29 is 9.53 Å². The SMILES string of the molecule is COCCCn1c(C2CCCN(C(=O)CCCc3ccc(-c4cnc(N)nc4)cc3)C2)c(C)c2ccccc21. The topological polar surface area (TPSA) is 86.3 Å². The van der Waals surface area contributed by atoms with Gasteiger partial charge in [0.2, 0.25) is 11.9 Å². The van der Waals surface area contributed by atoms with Crippen LogP contribution in [0.4, 0.5) is 5.95 Å². The third-order valence-corrected chi connectivity index (χ3v) is 7.98. The average molecular weight is 526 g/mol. The van der Waals surface area contributed by atoms with Gasteiger partial charge in [0.05, 0.1) is 0 Å². The first-order valence-corrected chi connectivity index (χ1v) is 14.1. The van der Waals surface area contributed by atoms with Gasteiger partial charge in [0.1, 0.15) is 0 Å². The number of para-hydroxylation sites is 1. The summed E-state index contributed by atoms with van der Waals surface area (Å²) in [5, 5.41) is 1.32. The van der Waals surface area contributed by atoms with E-state index >= 15 is 0 Å². The molecule has 2 aromatic heterocycles. The molecule has 7 heteroatoms. The average Bonchev–Trinajstić information content (AvgIpc) is 3.25. The van der Waals surface area contributed by atoms with Crippen LogP contribution in [-0.4, -0.2) is 52.1 Å². The van der Waals surface area contributed by atoms with Crippen LogP contribution in [-0.2, 0) is 22.5 Å². The number of rotatable bonds is 10. The molecule has 1 saturated heterocycles. The van der Waals surface area contributed by atoms with Crippen LogP contribution in [0.1, 0.15) is 54.8 Å². The molecular weight excluding hydrogens is 486 g/mol. The van der Waals surface area contributed by atoms with Gasteiger partial charge in [0, 0.05) is 80.2 Å². The molecule has 39 heavy (non-hydrogen) atoms. The summed E-state index contributed by atoms with van der Waals surface area (Å²) in [6.45, 7) is 5.59. The molecule has 4 aromatic rings. The molecule has 2 aromatic carbocycles. The molecule has 2 N–H and O–H groups in total. The summed E-state index contributed by atoms with van der Waals surface area (Å²) in [4.78, 5) is 23.5. The number of nitrogens with zero attached hydrogens (tertiary/aromatic N) is 4. The first-order chi connectivity index (χ1) is 19.0. The maximum absolute atomic E-state index is 13.3. The van der Waals surface area contributed by atoms with Gasteiger partial charge in [-0.05, 0) is 61.8 Å². The summed E-state index contributed by atoms with van der Waals surface area (Å²) >= 11 is 0. The fourth-order valence-corrected chi connectivity index (χ4v) is 6.01. The number of amides is 1. The summed E-state index contributed by atoms with van der Waals surface area (Å²) < 4.78 is 7.83. The summed E-state index contributed by atoms with van der Waals surface area (Å²) in [5.74, 6) is 0.914. The quantitative estimate of drug-likeness (QED) is 0.266. The molecule has 0 aliphatic carbocycles. The summed E-state index contributed by atoms with van der Waals surface area (Å²) in [5.41, 5.74) is 12.9. The lowest BCUT2D eigenvalue weighted by atomic mass is 9.91. The standard InChI is InChI=1S/C32H39N5O2/c1-23-28-10-3-4-11-29(28)37(18-7-19-39-2)31(23)26-9-6-17-36(22-26)30(38)12-5-8-24-13-15-25(16-14-24)27-20-34-32(33)35-21-27/h3-4,10-11,13-16,20-21,26H,5-9,12,17-19,22H2,1-2H3,(H2,33,34,35). The van der Waals surface area contributed by atoms with Crippen molar-refractivity contribution in [2.75, 3.05) is 32.5 Å². The van der Waals surface area contributed by atoms with Crippen LogP contribution in [0.15, 0.2) is 60.9 Å². The van der Waals surface area contributed by atoms with Gasteiger partial charge in [0.25, 0.3) is 0 Å². The van der Waals surface area contributed by atoms with Gasteiger partial charge in [0.15, 0.2) is 0 Å². The number of ether oxygens (including phenoxy) is 1. The van der Waals surface area contributed by atoms with E-state index in [1.807, 2.05) is 0 Å². The van der Waals surface area contributed by atoms with Crippen LogP contribution in [0.25, 0.3) is 22.0 Å². The zero-order valence-electron chi connectivity index (χ0n) is 23.1. The molecule has 0 bridgehead atoms. The van der Waals surface area contributed by atoms with E-state index in [1.54, 1.807) is 19.5 Å². The van der Waals surface area contributed by atoms with Gasteiger partial charge >= 0.3 is 0 Å². The Bertz CT molecular complexity index is 1390. The van der Waals surface area contributed by atoms with E-state index in [0.29, 0.717) is 12.3 Å². The lowest BCUT2D eigenvalue weighted by molar-refractivity contribution is -0.132. The molecule has 1 amide bonds. The van der Waals surface area contributed by atoms with E-state index in [1.165, 1.54) is 27.7 Å². The second-order valence-corrected chi connectivity index (χ2v) is 10.6. The third kappa shape index (κ3) is 6.14. The van der Waals surface area contributed by atoms with Crippen molar-refractivity contribution in [3.63, 3.8) is 0 Å². The predicted molar refractivity (Wildman–Crippen MR) is 157 cm³/mol. The predicted octanol–water partition coefficient (Wildman–Crippen LogP) is 5.75. The highest BCUT2D eigenvalue weighted by Gasteiger charge is 2.29. The second kappa shape index (κ2) is 12.4. The van der Waals surface area contributed by atoms with Gasteiger partial charge < -0.3 is 19.9 Å². The minimum absolute atomic E-state index is 0.273. The largest absolute Gasteiger partial charge is 0.385 e. The Morgan fingerprint density at radius 2 is 1.82 bits per heavy atom. The summed E-state index contributed by atoms with van der Waals surface area (Å²) in [7, 11) is 1.76. The number of anilines is 1. The number of methoxy groups -OCH3 is 1. The van der Waals surface area contributed by atoms with Crippen LogP contribution >= 0.6 is 0 Å². The minimum Gasteiger partial charge on any atom is -0.385 e. The number of aryl methyl sites for hydroxylation is 3. The fraction of sp³-hybridized carbons (Fsp3) is 0.406. The van der Waals surface area contributed by atoms with Gasteiger partial charge in [-0.15, -0.1) is 0 Å². The lowest BCUT2D eigenvalue weighted by Crippen LogP contribution is -2.39. The number of benzene rings is 2. The first-order valence-electron chi connectivity index (χ1n) is 14.1. The molecule has 1 unspecified atom stereocenters. The molecule has 1 aliphatic rings. The fourth-order valence-electron chi connectivity index (χ4n) is 6.01. The van der Waals surface area contributed by atoms with Crippen LogP contribution < -0.4 is 5.73 Å². The smallest absolute Gasteiger partial charge is 0.222 e. The van der Waals surface area contributed by atoms with Crippen molar-refractivity contribution in [2.24, 2.45) is 0 Å². The van der Waals surface area contributed by atoms with E-state index in [-0.39, 0.29) is 11.9 Å². The van der Waals surface area contributed by atoms with Crippen LogP contribution in [0.2, 0.25) is 0 Å². The number of carbonyl (C=O) groups excluding carboxylic acids is 1. The zero-order chi connectivity index (χ0) is 27.2. The number of likely N-dealkylation sites (tertiary alicyclic amines) is 1. The molecule has 0 spiro atoms. The van der Waals surface area contributed by atoms with E-state index < -0.39 is 0 Å². The van der Waals surface area contributed by atoms with E-state index in [4.69, 9.17) is 10.5 Å². The molecule has 1 fully saturated rings. The molecule has 7 nitrogen and oxygen atoms in total.